The van der Waals surface area contributed by atoms with Gasteiger partial charge in [-0.05, 0) is 62.8 Å². The minimum absolute atomic E-state index is 0.00489. The molecule has 27 heavy (non-hydrogen) atoms. The van der Waals surface area contributed by atoms with Crippen LogP contribution in [0.3, 0.4) is 0 Å². The molecule has 2 fully saturated rings. The van der Waals surface area contributed by atoms with E-state index in [1.165, 1.54) is 0 Å². The third-order valence-electron chi connectivity index (χ3n) is 5.34. The summed E-state index contributed by atoms with van der Waals surface area (Å²) in [6.45, 7) is 4.59. The van der Waals surface area contributed by atoms with Gasteiger partial charge in [0.15, 0.2) is 0 Å². The number of nitrogens with zero attached hydrogens (tertiary/aromatic N) is 1. The second-order valence-electron chi connectivity index (χ2n) is 7.48. The molecular weight excluding hydrogens is 348 g/mol. The number of carbonyl (C=O) groups excluding carboxylic acids is 2. The van der Waals surface area contributed by atoms with Crippen LogP contribution in [0.2, 0.25) is 0 Å². The number of rotatable bonds is 7. The number of benzene rings is 1. The highest BCUT2D eigenvalue weighted by Gasteiger charge is 2.52. The normalized spacial score (nSPS) is 26.2. The fraction of sp³-hybridized carbons (Fsp3) is 0.600. The number of urea groups is 1. The molecule has 1 heterocycles. The lowest BCUT2D eigenvalue weighted by Gasteiger charge is -2.33. The second kappa shape index (κ2) is 8.17. The summed E-state index contributed by atoms with van der Waals surface area (Å²) in [5, 5.41) is 13.1. The van der Waals surface area contributed by atoms with E-state index in [9.17, 15) is 14.7 Å². The zero-order valence-corrected chi connectivity index (χ0v) is 15.9. The van der Waals surface area contributed by atoms with Gasteiger partial charge in [-0.2, -0.15) is 0 Å². The van der Waals surface area contributed by atoms with Crippen molar-refractivity contribution in [2.24, 2.45) is 5.92 Å². The molecule has 0 aromatic heterocycles. The van der Waals surface area contributed by atoms with Gasteiger partial charge in [0.05, 0.1) is 13.2 Å². The van der Waals surface area contributed by atoms with Crippen LogP contribution < -0.4 is 14.8 Å². The topological polar surface area (TPSA) is 88.1 Å². The number of imide groups is 1. The quantitative estimate of drug-likeness (QED) is 0.713. The number of aliphatic hydroxyl groups excluding tert-OH is 1. The number of ether oxygens (including phenoxy) is 2. The zero-order valence-electron chi connectivity index (χ0n) is 15.9. The number of β-amino-alcohol motifs (C(OH)–C–C–N with tert-alkyl or cyclic N) is 1. The summed E-state index contributed by atoms with van der Waals surface area (Å²) < 4.78 is 10.9. The highest BCUT2D eigenvalue weighted by atomic mass is 16.5. The van der Waals surface area contributed by atoms with Crippen molar-refractivity contribution in [1.82, 2.24) is 10.2 Å². The van der Waals surface area contributed by atoms with Crippen molar-refractivity contribution in [3.63, 3.8) is 0 Å². The van der Waals surface area contributed by atoms with Crippen LogP contribution >= 0.6 is 0 Å². The standard InChI is InChI=1S/C20H28N2O5/c1-3-26-16-4-6-17(7-5-16)27-13-15(23)12-22-18(24)20(21-19(22)25)10-8-14(2)9-11-20/h4-7,14-15,23H,3,8-13H2,1-2H3,(H,21,25)/t14?,15-,20?/m0/s1. The van der Waals surface area contributed by atoms with Crippen molar-refractivity contribution in [2.45, 2.75) is 51.2 Å². The van der Waals surface area contributed by atoms with E-state index in [1.54, 1.807) is 24.3 Å². The van der Waals surface area contributed by atoms with Gasteiger partial charge in [0.1, 0.15) is 29.7 Å². The largest absolute Gasteiger partial charge is 0.494 e. The average molecular weight is 376 g/mol. The SMILES string of the molecule is CCOc1ccc(OC[C@@H](O)CN2C(=O)NC3(CCC(C)CC3)C2=O)cc1. The highest BCUT2D eigenvalue weighted by molar-refractivity contribution is 6.07. The Morgan fingerprint density at radius 2 is 1.78 bits per heavy atom. The van der Waals surface area contributed by atoms with Crippen LogP contribution in [0.4, 0.5) is 4.79 Å². The number of hydrogen-bond acceptors (Lipinski definition) is 5. The Hall–Kier alpha value is -2.28. The molecule has 1 atom stereocenters. The Labute approximate surface area is 159 Å². The molecule has 0 bridgehead atoms. The number of carbonyl (C=O) groups is 2. The summed E-state index contributed by atoms with van der Waals surface area (Å²) >= 11 is 0. The average Bonchev–Trinajstić information content (AvgIpc) is 2.88. The summed E-state index contributed by atoms with van der Waals surface area (Å²) in [5.41, 5.74) is -0.778. The number of hydrogen-bond donors (Lipinski definition) is 2. The van der Waals surface area contributed by atoms with Crippen molar-refractivity contribution in [3.8, 4) is 11.5 Å². The fourth-order valence-electron chi connectivity index (χ4n) is 3.69. The van der Waals surface area contributed by atoms with E-state index in [0.717, 1.165) is 23.5 Å². The first-order chi connectivity index (χ1) is 12.9. The molecule has 1 saturated heterocycles. The first kappa shape index (κ1) is 19.5. The van der Waals surface area contributed by atoms with Gasteiger partial charge >= 0.3 is 6.03 Å². The monoisotopic (exact) mass is 376 g/mol. The third kappa shape index (κ3) is 4.35. The Kier molecular flexibility index (Phi) is 5.89. The molecule has 3 rings (SSSR count). The van der Waals surface area contributed by atoms with Crippen LogP contribution in [-0.4, -0.2) is 53.3 Å². The van der Waals surface area contributed by atoms with E-state index in [1.807, 2.05) is 6.92 Å². The lowest BCUT2D eigenvalue weighted by atomic mass is 9.77. The van der Waals surface area contributed by atoms with Crippen LogP contribution in [0.1, 0.15) is 39.5 Å². The minimum Gasteiger partial charge on any atom is -0.494 e. The van der Waals surface area contributed by atoms with E-state index in [4.69, 9.17) is 9.47 Å². The van der Waals surface area contributed by atoms with Gasteiger partial charge < -0.3 is 19.9 Å². The maximum absolute atomic E-state index is 12.8. The smallest absolute Gasteiger partial charge is 0.325 e. The molecule has 1 aliphatic heterocycles. The van der Waals surface area contributed by atoms with Gasteiger partial charge in [-0.1, -0.05) is 6.92 Å². The van der Waals surface area contributed by atoms with Crippen LogP contribution in [-0.2, 0) is 4.79 Å². The molecule has 0 unspecified atom stereocenters. The zero-order chi connectivity index (χ0) is 19.4. The molecule has 7 nitrogen and oxygen atoms in total. The molecule has 2 aliphatic rings. The van der Waals surface area contributed by atoms with E-state index in [0.29, 0.717) is 31.1 Å². The van der Waals surface area contributed by atoms with E-state index in [-0.39, 0.29) is 19.1 Å². The van der Waals surface area contributed by atoms with Gasteiger partial charge in [-0.25, -0.2) is 4.79 Å². The minimum atomic E-state index is -0.955. The summed E-state index contributed by atoms with van der Waals surface area (Å²) in [4.78, 5) is 26.2. The molecule has 2 N–H and O–H groups in total. The molecule has 1 spiro atoms. The molecule has 1 aromatic carbocycles. The number of aliphatic hydroxyl groups is 1. The Bertz CT molecular complexity index is 667. The second-order valence-corrected chi connectivity index (χ2v) is 7.48. The number of amides is 3. The molecule has 1 saturated carbocycles. The van der Waals surface area contributed by atoms with Gasteiger partial charge in [-0.15, -0.1) is 0 Å². The Balaban J connectivity index is 1.52. The summed E-state index contributed by atoms with van der Waals surface area (Å²) in [6, 6.07) is 6.66. The molecule has 148 valence electrons. The lowest BCUT2D eigenvalue weighted by Crippen LogP contribution is -2.49. The molecule has 1 aliphatic carbocycles. The number of nitrogens with one attached hydrogen (secondary N) is 1. The van der Waals surface area contributed by atoms with E-state index in [2.05, 4.69) is 12.2 Å². The third-order valence-corrected chi connectivity index (χ3v) is 5.34. The van der Waals surface area contributed by atoms with Crippen molar-refractivity contribution < 1.29 is 24.2 Å². The van der Waals surface area contributed by atoms with Gasteiger partial charge in [-0.3, -0.25) is 9.69 Å². The van der Waals surface area contributed by atoms with Crippen LogP contribution in [0, 0.1) is 5.92 Å². The fourth-order valence-corrected chi connectivity index (χ4v) is 3.69. The first-order valence-electron chi connectivity index (χ1n) is 9.61. The molecule has 3 amide bonds. The molecule has 0 radical (unpaired) electrons. The van der Waals surface area contributed by atoms with Crippen molar-refractivity contribution >= 4 is 11.9 Å². The van der Waals surface area contributed by atoms with Crippen LogP contribution in [0.5, 0.6) is 11.5 Å². The molecular formula is C20H28N2O5. The molecule has 1 aromatic rings. The Morgan fingerprint density at radius 3 is 2.37 bits per heavy atom. The van der Waals surface area contributed by atoms with Crippen molar-refractivity contribution in [1.29, 1.82) is 0 Å². The van der Waals surface area contributed by atoms with Crippen molar-refractivity contribution in [2.75, 3.05) is 19.8 Å². The summed E-state index contributed by atoms with van der Waals surface area (Å²) in [5.74, 6) is 1.69. The van der Waals surface area contributed by atoms with Crippen molar-refractivity contribution in [3.05, 3.63) is 24.3 Å². The van der Waals surface area contributed by atoms with E-state index >= 15 is 0 Å². The molecule has 7 heteroatoms. The van der Waals surface area contributed by atoms with Gasteiger partial charge in [0, 0.05) is 0 Å². The maximum Gasteiger partial charge on any atom is 0.325 e. The summed E-state index contributed by atoms with van der Waals surface area (Å²) in [7, 11) is 0. The van der Waals surface area contributed by atoms with Gasteiger partial charge in [0.2, 0.25) is 0 Å². The Morgan fingerprint density at radius 1 is 1.19 bits per heavy atom. The maximum atomic E-state index is 12.8. The lowest BCUT2D eigenvalue weighted by molar-refractivity contribution is -0.133. The van der Waals surface area contributed by atoms with E-state index < -0.39 is 17.7 Å². The predicted octanol–water partition coefficient (Wildman–Crippen LogP) is 2.33. The van der Waals surface area contributed by atoms with Crippen LogP contribution in [0.15, 0.2) is 24.3 Å². The highest BCUT2D eigenvalue weighted by Crippen LogP contribution is 2.36. The van der Waals surface area contributed by atoms with Gasteiger partial charge in [0.25, 0.3) is 5.91 Å². The van der Waals surface area contributed by atoms with Crippen LogP contribution in [0.25, 0.3) is 0 Å². The first-order valence-corrected chi connectivity index (χ1v) is 9.61. The predicted molar refractivity (Wildman–Crippen MR) is 99.7 cm³/mol. The summed E-state index contributed by atoms with van der Waals surface area (Å²) in [6.07, 6.45) is 2.21.